The van der Waals surface area contributed by atoms with E-state index in [2.05, 4.69) is 6.07 Å². The molecular weight excluding hydrogens is 331 g/mol. The minimum atomic E-state index is -0.718. The third-order valence-electron chi connectivity index (χ3n) is 4.51. The van der Waals surface area contributed by atoms with Gasteiger partial charge in [0.15, 0.2) is 12.4 Å². The number of ketones is 1. The van der Waals surface area contributed by atoms with Crippen molar-refractivity contribution < 1.29 is 18.7 Å². The molecule has 0 bridgehead atoms. The van der Waals surface area contributed by atoms with Crippen LogP contribution < -0.4 is 0 Å². The molecule has 3 nitrogen and oxygen atoms in total. The number of rotatable bonds is 4. The SMILES string of the molecule is O=C(COC(=O)c1cccc(F)c1)c1ccc2c(c1)-c1ccccc1C2. The van der Waals surface area contributed by atoms with E-state index in [0.717, 1.165) is 23.6 Å². The largest absolute Gasteiger partial charge is 0.454 e. The van der Waals surface area contributed by atoms with Gasteiger partial charge in [-0.25, -0.2) is 9.18 Å². The third kappa shape index (κ3) is 3.02. The molecule has 4 heteroatoms. The van der Waals surface area contributed by atoms with Crippen LogP contribution in [-0.4, -0.2) is 18.4 Å². The molecule has 1 aliphatic rings. The lowest BCUT2D eigenvalue weighted by atomic mass is 10.0. The maximum absolute atomic E-state index is 13.2. The van der Waals surface area contributed by atoms with Gasteiger partial charge in [-0.15, -0.1) is 0 Å². The summed E-state index contributed by atoms with van der Waals surface area (Å²) in [4.78, 5) is 24.4. The van der Waals surface area contributed by atoms with Crippen LogP contribution in [0.25, 0.3) is 11.1 Å². The van der Waals surface area contributed by atoms with Crippen molar-refractivity contribution >= 4 is 11.8 Å². The molecule has 3 aromatic rings. The number of benzene rings is 3. The van der Waals surface area contributed by atoms with E-state index in [9.17, 15) is 14.0 Å². The smallest absolute Gasteiger partial charge is 0.338 e. The molecule has 4 rings (SSSR count). The highest BCUT2D eigenvalue weighted by Crippen LogP contribution is 2.36. The number of hydrogen-bond acceptors (Lipinski definition) is 3. The Kier molecular flexibility index (Phi) is 4.09. The summed E-state index contributed by atoms with van der Waals surface area (Å²) < 4.78 is 18.2. The van der Waals surface area contributed by atoms with E-state index in [0.29, 0.717) is 5.56 Å². The summed E-state index contributed by atoms with van der Waals surface area (Å²) in [5.41, 5.74) is 5.18. The summed E-state index contributed by atoms with van der Waals surface area (Å²) in [7, 11) is 0. The third-order valence-corrected chi connectivity index (χ3v) is 4.51. The topological polar surface area (TPSA) is 43.4 Å². The lowest BCUT2D eigenvalue weighted by Crippen LogP contribution is -2.14. The van der Waals surface area contributed by atoms with Gasteiger partial charge in [-0.3, -0.25) is 4.79 Å². The van der Waals surface area contributed by atoms with Gasteiger partial charge >= 0.3 is 5.97 Å². The maximum Gasteiger partial charge on any atom is 0.338 e. The van der Waals surface area contributed by atoms with Crippen LogP contribution in [0.2, 0.25) is 0 Å². The zero-order valence-corrected chi connectivity index (χ0v) is 13.9. The van der Waals surface area contributed by atoms with Crippen molar-refractivity contribution in [1.29, 1.82) is 0 Å². The van der Waals surface area contributed by atoms with Gasteiger partial charge in [0.25, 0.3) is 0 Å². The Hall–Kier alpha value is -3.27. The van der Waals surface area contributed by atoms with Crippen molar-refractivity contribution in [2.45, 2.75) is 6.42 Å². The Balaban J connectivity index is 1.49. The predicted octanol–water partition coefficient (Wildman–Crippen LogP) is 4.44. The quantitative estimate of drug-likeness (QED) is 0.405. The van der Waals surface area contributed by atoms with Crippen molar-refractivity contribution in [1.82, 2.24) is 0 Å². The van der Waals surface area contributed by atoms with Crippen LogP contribution in [0.15, 0.2) is 66.7 Å². The second-order valence-electron chi connectivity index (χ2n) is 6.22. The number of ether oxygens (including phenoxy) is 1. The number of fused-ring (bicyclic) bond motifs is 3. The summed E-state index contributed by atoms with van der Waals surface area (Å²) in [6, 6.07) is 18.8. The fourth-order valence-electron chi connectivity index (χ4n) is 3.21. The lowest BCUT2D eigenvalue weighted by molar-refractivity contribution is 0.0474. The molecule has 0 aliphatic heterocycles. The number of hydrogen-bond donors (Lipinski definition) is 0. The van der Waals surface area contributed by atoms with Crippen molar-refractivity contribution in [3.05, 3.63) is 94.8 Å². The highest BCUT2D eigenvalue weighted by Gasteiger charge is 2.20. The van der Waals surface area contributed by atoms with E-state index >= 15 is 0 Å². The first-order valence-corrected chi connectivity index (χ1v) is 8.29. The molecule has 0 aromatic heterocycles. The first-order valence-electron chi connectivity index (χ1n) is 8.29. The van der Waals surface area contributed by atoms with Crippen LogP contribution in [0.4, 0.5) is 4.39 Å². The van der Waals surface area contributed by atoms with Gasteiger partial charge in [0.1, 0.15) is 5.82 Å². The molecule has 1 aliphatic carbocycles. The minimum absolute atomic E-state index is 0.0840. The van der Waals surface area contributed by atoms with Crippen LogP contribution in [0, 0.1) is 5.82 Å². The highest BCUT2D eigenvalue weighted by molar-refractivity contribution is 6.00. The molecular formula is C22H15FO3. The van der Waals surface area contributed by atoms with E-state index in [1.54, 1.807) is 6.07 Å². The second kappa shape index (κ2) is 6.56. The van der Waals surface area contributed by atoms with Gasteiger partial charge in [-0.05, 0) is 52.9 Å². The van der Waals surface area contributed by atoms with Gasteiger partial charge < -0.3 is 4.74 Å². The van der Waals surface area contributed by atoms with E-state index in [4.69, 9.17) is 4.74 Å². The molecule has 0 radical (unpaired) electrons. The molecule has 26 heavy (non-hydrogen) atoms. The Morgan fingerprint density at radius 2 is 1.65 bits per heavy atom. The molecule has 0 spiro atoms. The first kappa shape index (κ1) is 16.2. The summed E-state index contributed by atoms with van der Waals surface area (Å²) in [5, 5.41) is 0. The van der Waals surface area contributed by atoms with Gasteiger partial charge in [-0.2, -0.15) is 0 Å². The fourth-order valence-corrected chi connectivity index (χ4v) is 3.21. The Labute approximate surface area is 150 Å². The summed E-state index contributed by atoms with van der Waals surface area (Å²) in [6.45, 7) is -0.379. The first-order chi connectivity index (χ1) is 12.6. The van der Waals surface area contributed by atoms with Gasteiger partial charge in [0.05, 0.1) is 5.56 Å². The van der Waals surface area contributed by atoms with E-state index < -0.39 is 11.8 Å². The molecule has 0 unspecified atom stereocenters. The number of carbonyl (C=O) groups is 2. The fraction of sp³-hybridized carbons (Fsp3) is 0.0909. The summed E-state index contributed by atoms with van der Waals surface area (Å²) >= 11 is 0. The van der Waals surface area contributed by atoms with Crippen molar-refractivity contribution in [3.63, 3.8) is 0 Å². The van der Waals surface area contributed by atoms with Gasteiger partial charge in [0.2, 0.25) is 0 Å². The molecule has 0 saturated carbocycles. The number of halogens is 1. The second-order valence-corrected chi connectivity index (χ2v) is 6.22. The number of carbonyl (C=O) groups excluding carboxylic acids is 2. The molecule has 0 amide bonds. The number of Topliss-reactive ketones (excluding diaryl/α,β-unsaturated/α-hetero) is 1. The standard InChI is InChI=1S/C22H15FO3/c23-18-6-3-5-17(11-18)22(25)26-13-21(24)16-9-8-15-10-14-4-1-2-7-19(14)20(15)12-16/h1-9,11-12H,10,13H2. The Morgan fingerprint density at radius 3 is 2.50 bits per heavy atom. The highest BCUT2D eigenvalue weighted by atomic mass is 19.1. The Bertz CT molecular complexity index is 1020. The van der Waals surface area contributed by atoms with Gasteiger partial charge in [0, 0.05) is 5.56 Å². The van der Waals surface area contributed by atoms with E-state index in [-0.39, 0.29) is 18.0 Å². The average molecular weight is 346 g/mol. The number of esters is 1. The van der Waals surface area contributed by atoms with Crippen LogP contribution in [0.5, 0.6) is 0 Å². The zero-order chi connectivity index (χ0) is 18.1. The van der Waals surface area contributed by atoms with E-state index in [1.807, 2.05) is 30.3 Å². The van der Waals surface area contributed by atoms with Crippen LogP contribution in [0.1, 0.15) is 31.8 Å². The van der Waals surface area contributed by atoms with Crippen molar-refractivity contribution in [3.8, 4) is 11.1 Å². The van der Waals surface area contributed by atoms with Crippen LogP contribution in [-0.2, 0) is 11.2 Å². The van der Waals surface area contributed by atoms with Crippen LogP contribution >= 0.6 is 0 Å². The zero-order valence-electron chi connectivity index (χ0n) is 13.9. The molecule has 3 aromatic carbocycles. The van der Waals surface area contributed by atoms with E-state index in [1.165, 1.54) is 29.3 Å². The molecule has 0 saturated heterocycles. The van der Waals surface area contributed by atoms with Crippen molar-refractivity contribution in [2.75, 3.05) is 6.61 Å². The molecule has 0 atom stereocenters. The van der Waals surface area contributed by atoms with Crippen LogP contribution in [0.3, 0.4) is 0 Å². The molecule has 0 N–H and O–H groups in total. The molecule has 128 valence electrons. The molecule has 0 heterocycles. The average Bonchev–Trinajstić information content (AvgIpc) is 3.03. The Morgan fingerprint density at radius 1 is 0.846 bits per heavy atom. The summed E-state index contributed by atoms with van der Waals surface area (Å²) in [5.74, 6) is -1.53. The normalized spacial score (nSPS) is 11.6. The summed E-state index contributed by atoms with van der Waals surface area (Å²) in [6.07, 6.45) is 0.856. The lowest BCUT2D eigenvalue weighted by Gasteiger charge is -2.07. The maximum atomic E-state index is 13.2. The molecule has 0 fully saturated rings. The minimum Gasteiger partial charge on any atom is -0.454 e. The van der Waals surface area contributed by atoms with Crippen molar-refractivity contribution in [2.24, 2.45) is 0 Å². The van der Waals surface area contributed by atoms with Gasteiger partial charge in [-0.1, -0.05) is 42.5 Å². The predicted molar refractivity (Wildman–Crippen MR) is 95.7 cm³/mol. The monoisotopic (exact) mass is 346 g/mol.